The topological polar surface area (TPSA) is 79.9 Å². The fourth-order valence-electron chi connectivity index (χ4n) is 2.80. The molecule has 0 saturated carbocycles. The molecule has 0 aliphatic carbocycles. The number of rotatable bonds is 8. The monoisotopic (exact) mass is 374 g/mol. The van der Waals surface area contributed by atoms with Crippen molar-refractivity contribution < 1.29 is 9.53 Å². The molecule has 28 heavy (non-hydrogen) atoms. The Morgan fingerprint density at radius 3 is 2.68 bits per heavy atom. The summed E-state index contributed by atoms with van der Waals surface area (Å²) in [7, 11) is 0. The van der Waals surface area contributed by atoms with Gasteiger partial charge in [-0.15, -0.1) is 0 Å². The van der Waals surface area contributed by atoms with E-state index in [4.69, 9.17) is 10.00 Å². The molecule has 3 aromatic rings. The first-order valence-corrected chi connectivity index (χ1v) is 9.14. The summed E-state index contributed by atoms with van der Waals surface area (Å²) in [4.78, 5) is 16.7. The van der Waals surface area contributed by atoms with Crippen LogP contribution in [0.5, 0.6) is 5.75 Å². The third-order valence-electron chi connectivity index (χ3n) is 4.31. The number of amides is 1. The molecule has 2 aromatic carbocycles. The molecule has 0 bridgehead atoms. The van der Waals surface area contributed by atoms with Gasteiger partial charge in [0.25, 0.3) is 5.91 Å². The van der Waals surface area contributed by atoms with Crippen LogP contribution in [0.15, 0.2) is 67.0 Å². The third kappa shape index (κ3) is 5.21. The summed E-state index contributed by atoms with van der Waals surface area (Å²) < 4.78 is 7.71. The number of hydrogen-bond donors (Lipinski definition) is 1. The summed E-state index contributed by atoms with van der Waals surface area (Å²) in [6.07, 6.45) is 3.73. The van der Waals surface area contributed by atoms with E-state index in [0.717, 1.165) is 12.4 Å². The van der Waals surface area contributed by atoms with Gasteiger partial charge in [0.05, 0.1) is 11.6 Å². The summed E-state index contributed by atoms with van der Waals surface area (Å²) in [5, 5.41) is 11.7. The van der Waals surface area contributed by atoms with Crippen molar-refractivity contribution in [1.29, 1.82) is 5.26 Å². The Hall–Kier alpha value is -3.59. The number of ether oxygens (including phenoxy) is 1. The van der Waals surface area contributed by atoms with E-state index < -0.39 is 6.10 Å². The Morgan fingerprint density at radius 2 is 1.96 bits per heavy atom. The Bertz CT molecular complexity index is 943. The van der Waals surface area contributed by atoms with Crippen molar-refractivity contribution in [2.75, 3.05) is 6.54 Å². The summed E-state index contributed by atoms with van der Waals surface area (Å²) >= 11 is 0. The lowest BCUT2D eigenvalue weighted by atomic mass is 10.2. The highest BCUT2D eigenvalue weighted by atomic mass is 16.5. The molecular weight excluding hydrogens is 352 g/mol. The van der Waals surface area contributed by atoms with E-state index in [9.17, 15) is 4.79 Å². The highest BCUT2D eigenvalue weighted by molar-refractivity contribution is 5.80. The molecule has 0 spiro atoms. The highest BCUT2D eigenvalue weighted by Gasteiger charge is 2.14. The minimum atomic E-state index is -0.628. The van der Waals surface area contributed by atoms with Gasteiger partial charge in [-0.1, -0.05) is 30.3 Å². The Balaban J connectivity index is 1.47. The summed E-state index contributed by atoms with van der Waals surface area (Å²) in [5.74, 6) is 1.29. The van der Waals surface area contributed by atoms with Crippen molar-refractivity contribution in [3.05, 3.63) is 83.9 Å². The predicted octanol–water partition coefficient (Wildman–Crippen LogP) is 2.93. The van der Waals surface area contributed by atoms with Crippen molar-refractivity contribution in [2.45, 2.75) is 26.0 Å². The molecule has 142 valence electrons. The van der Waals surface area contributed by atoms with Crippen LogP contribution in [0.3, 0.4) is 0 Å². The first-order valence-electron chi connectivity index (χ1n) is 9.14. The smallest absolute Gasteiger partial charge is 0.260 e. The molecule has 1 atom stereocenters. The van der Waals surface area contributed by atoms with Gasteiger partial charge in [0.2, 0.25) is 0 Å². The molecule has 0 fully saturated rings. The van der Waals surface area contributed by atoms with Gasteiger partial charge in [0.15, 0.2) is 6.10 Å². The summed E-state index contributed by atoms with van der Waals surface area (Å²) in [6, 6.07) is 18.9. The Labute approximate surface area is 164 Å². The van der Waals surface area contributed by atoms with Crippen LogP contribution in [0.2, 0.25) is 0 Å². The van der Waals surface area contributed by atoms with Crippen molar-refractivity contribution in [1.82, 2.24) is 14.9 Å². The van der Waals surface area contributed by atoms with Crippen LogP contribution in [0.1, 0.15) is 23.9 Å². The quantitative estimate of drug-likeness (QED) is 0.657. The normalized spacial score (nSPS) is 11.4. The van der Waals surface area contributed by atoms with E-state index in [-0.39, 0.29) is 5.91 Å². The van der Waals surface area contributed by atoms with Crippen LogP contribution < -0.4 is 10.1 Å². The molecule has 6 heteroatoms. The van der Waals surface area contributed by atoms with E-state index in [1.165, 1.54) is 5.56 Å². The Morgan fingerprint density at radius 1 is 1.21 bits per heavy atom. The maximum atomic E-state index is 12.3. The molecule has 0 aliphatic rings. The van der Waals surface area contributed by atoms with Gasteiger partial charge < -0.3 is 14.6 Å². The maximum Gasteiger partial charge on any atom is 0.260 e. The lowest BCUT2D eigenvalue weighted by Crippen LogP contribution is -2.37. The number of aromatic nitrogens is 2. The van der Waals surface area contributed by atoms with Gasteiger partial charge >= 0.3 is 0 Å². The van der Waals surface area contributed by atoms with Gasteiger partial charge in [-0.05, 0) is 36.8 Å². The number of nitriles is 1. The zero-order valence-corrected chi connectivity index (χ0v) is 15.7. The van der Waals surface area contributed by atoms with Crippen LogP contribution in [-0.2, 0) is 17.8 Å². The minimum absolute atomic E-state index is 0.189. The van der Waals surface area contributed by atoms with Crippen LogP contribution >= 0.6 is 0 Å². The van der Waals surface area contributed by atoms with Crippen molar-refractivity contribution >= 4 is 5.91 Å². The molecule has 1 heterocycles. The van der Waals surface area contributed by atoms with Crippen molar-refractivity contribution in [3.63, 3.8) is 0 Å². The van der Waals surface area contributed by atoms with Gasteiger partial charge in [-0.3, -0.25) is 4.79 Å². The number of hydrogen-bond acceptors (Lipinski definition) is 4. The molecule has 0 radical (unpaired) electrons. The SMILES string of the molecule is CC(Oc1ccc(C#N)cc1)C(=O)NCCc1nccn1Cc1ccccc1. The van der Waals surface area contributed by atoms with Crippen LogP contribution in [0.25, 0.3) is 0 Å². The first kappa shape index (κ1) is 19.2. The van der Waals surface area contributed by atoms with E-state index >= 15 is 0 Å². The Kier molecular flexibility index (Phi) is 6.42. The van der Waals surface area contributed by atoms with E-state index in [1.807, 2.05) is 30.5 Å². The fraction of sp³-hybridized carbons (Fsp3) is 0.227. The standard InChI is InChI=1S/C22H22N4O2/c1-17(28-20-9-7-18(15-23)8-10-20)22(27)25-12-11-21-24-13-14-26(21)16-19-5-3-2-4-6-19/h2-10,13-14,17H,11-12,16H2,1H3,(H,25,27). The van der Waals surface area contributed by atoms with Gasteiger partial charge in [0.1, 0.15) is 11.6 Å². The number of nitrogens with zero attached hydrogens (tertiary/aromatic N) is 3. The summed E-state index contributed by atoms with van der Waals surface area (Å²) in [5.41, 5.74) is 1.76. The van der Waals surface area contributed by atoms with Gasteiger partial charge in [-0.2, -0.15) is 5.26 Å². The molecular formula is C22H22N4O2. The lowest BCUT2D eigenvalue weighted by molar-refractivity contribution is -0.127. The van der Waals surface area contributed by atoms with E-state index in [0.29, 0.717) is 24.3 Å². The third-order valence-corrected chi connectivity index (χ3v) is 4.31. The number of carbonyl (C=O) groups is 1. The molecule has 0 saturated heterocycles. The zero-order chi connectivity index (χ0) is 19.8. The highest BCUT2D eigenvalue weighted by Crippen LogP contribution is 2.13. The molecule has 1 amide bonds. The number of imidazole rings is 1. The zero-order valence-electron chi connectivity index (χ0n) is 15.7. The number of benzene rings is 2. The maximum absolute atomic E-state index is 12.3. The van der Waals surface area contributed by atoms with Crippen LogP contribution in [-0.4, -0.2) is 28.1 Å². The molecule has 1 aromatic heterocycles. The van der Waals surface area contributed by atoms with Gasteiger partial charge in [0, 0.05) is 31.9 Å². The van der Waals surface area contributed by atoms with Crippen LogP contribution in [0.4, 0.5) is 0 Å². The minimum Gasteiger partial charge on any atom is -0.481 e. The predicted molar refractivity (Wildman–Crippen MR) is 106 cm³/mol. The largest absolute Gasteiger partial charge is 0.481 e. The second kappa shape index (κ2) is 9.38. The van der Waals surface area contributed by atoms with E-state index in [2.05, 4.69) is 27.0 Å². The summed E-state index contributed by atoms with van der Waals surface area (Å²) in [6.45, 7) is 2.93. The molecule has 0 aliphatic heterocycles. The van der Waals surface area contributed by atoms with Crippen LogP contribution in [0, 0.1) is 11.3 Å². The molecule has 6 nitrogen and oxygen atoms in total. The number of carbonyl (C=O) groups excluding carboxylic acids is 1. The molecule has 1 N–H and O–H groups in total. The second-order valence-electron chi connectivity index (χ2n) is 6.39. The van der Waals surface area contributed by atoms with Crippen molar-refractivity contribution in [3.8, 4) is 11.8 Å². The van der Waals surface area contributed by atoms with Crippen molar-refractivity contribution in [2.24, 2.45) is 0 Å². The molecule has 1 unspecified atom stereocenters. The second-order valence-corrected chi connectivity index (χ2v) is 6.39. The lowest BCUT2D eigenvalue weighted by Gasteiger charge is -2.15. The van der Waals surface area contributed by atoms with Gasteiger partial charge in [-0.25, -0.2) is 4.98 Å². The molecule has 3 rings (SSSR count). The van der Waals surface area contributed by atoms with E-state index in [1.54, 1.807) is 37.4 Å². The average Bonchev–Trinajstić information content (AvgIpc) is 3.16. The average molecular weight is 374 g/mol. The first-order chi connectivity index (χ1) is 13.7. The fourth-order valence-corrected chi connectivity index (χ4v) is 2.80. The number of nitrogens with one attached hydrogen (secondary N) is 1.